The van der Waals surface area contributed by atoms with Crippen molar-refractivity contribution in [3.8, 4) is 0 Å². The van der Waals surface area contributed by atoms with Crippen molar-refractivity contribution in [3.05, 3.63) is 30.6 Å². The molecule has 0 spiro atoms. The van der Waals surface area contributed by atoms with E-state index < -0.39 is 0 Å². The number of para-hydroxylation sites is 1. The van der Waals surface area contributed by atoms with Crippen LogP contribution in [-0.4, -0.2) is 40.2 Å². The van der Waals surface area contributed by atoms with E-state index >= 15 is 0 Å². The Hall–Kier alpha value is -2.21. The molecule has 0 fully saturated rings. The molecule has 1 unspecified atom stereocenters. The van der Waals surface area contributed by atoms with Crippen molar-refractivity contribution in [2.24, 2.45) is 0 Å². The Morgan fingerprint density at radius 3 is 2.91 bits per heavy atom. The number of nitrogens with one attached hydrogen (secondary N) is 2. The van der Waals surface area contributed by atoms with Crippen LogP contribution in [0.2, 0.25) is 0 Å². The molecular weight excluding hydrogens is 280 g/mol. The first-order chi connectivity index (χ1) is 10.7. The molecule has 2 rings (SSSR count). The average Bonchev–Trinajstić information content (AvgIpc) is 2.56. The fourth-order valence-corrected chi connectivity index (χ4v) is 2.18. The van der Waals surface area contributed by atoms with Gasteiger partial charge in [-0.1, -0.05) is 19.1 Å². The minimum atomic E-state index is -0.147. The van der Waals surface area contributed by atoms with Gasteiger partial charge in [0.05, 0.1) is 18.2 Å². The summed E-state index contributed by atoms with van der Waals surface area (Å²) in [7, 11) is 0. The van der Waals surface area contributed by atoms with Gasteiger partial charge >= 0.3 is 0 Å². The van der Waals surface area contributed by atoms with Crippen molar-refractivity contribution in [2.75, 3.05) is 18.5 Å². The maximum atomic E-state index is 11.7. The smallest absolute Gasteiger partial charge is 0.220 e. The van der Waals surface area contributed by atoms with Gasteiger partial charge < -0.3 is 15.7 Å². The van der Waals surface area contributed by atoms with Gasteiger partial charge in [-0.3, -0.25) is 4.79 Å². The van der Waals surface area contributed by atoms with Crippen LogP contribution in [0.15, 0.2) is 30.6 Å². The summed E-state index contributed by atoms with van der Waals surface area (Å²) >= 11 is 0. The zero-order chi connectivity index (χ0) is 15.8. The second kappa shape index (κ2) is 8.29. The molecule has 22 heavy (non-hydrogen) atoms. The molecule has 6 nitrogen and oxygen atoms in total. The van der Waals surface area contributed by atoms with Gasteiger partial charge in [-0.2, -0.15) is 0 Å². The van der Waals surface area contributed by atoms with Crippen molar-refractivity contribution in [2.45, 2.75) is 32.2 Å². The number of carbonyl (C=O) groups excluding carboxylic acids is 1. The number of hydrogen-bond acceptors (Lipinski definition) is 5. The quantitative estimate of drug-likeness (QED) is 0.646. The number of aliphatic hydroxyl groups is 1. The Morgan fingerprint density at radius 2 is 2.14 bits per heavy atom. The summed E-state index contributed by atoms with van der Waals surface area (Å²) in [6.07, 6.45) is 3.39. The highest BCUT2D eigenvalue weighted by molar-refractivity contribution is 5.88. The first-order valence-corrected chi connectivity index (χ1v) is 7.58. The summed E-state index contributed by atoms with van der Waals surface area (Å²) in [5, 5.41) is 16.1. The third-order valence-corrected chi connectivity index (χ3v) is 3.49. The van der Waals surface area contributed by atoms with Crippen LogP contribution in [0.1, 0.15) is 26.2 Å². The van der Waals surface area contributed by atoms with E-state index in [1.165, 1.54) is 6.33 Å². The minimum absolute atomic E-state index is 0.0204. The fraction of sp³-hybridized carbons (Fsp3) is 0.438. The standard InChI is InChI=1S/C16H22N4O2/c1-2-12(10-21)20-15(22)8-5-9-17-16-13-6-3-4-7-14(13)18-11-19-16/h3-4,6-7,11-12,21H,2,5,8-10H2,1H3,(H,20,22)(H,17,18,19). The Labute approximate surface area is 130 Å². The highest BCUT2D eigenvalue weighted by Crippen LogP contribution is 2.18. The van der Waals surface area contributed by atoms with E-state index in [0.29, 0.717) is 19.4 Å². The topological polar surface area (TPSA) is 87.1 Å². The van der Waals surface area contributed by atoms with Crippen LogP contribution in [0.25, 0.3) is 10.9 Å². The summed E-state index contributed by atoms with van der Waals surface area (Å²) in [6, 6.07) is 7.65. The van der Waals surface area contributed by atoms with E-state index in [-0.39, 0.29) is 18.6 Å². The van der Waals surface area contributed by atoms with Crippen LogP contribution in [-0.2, 0) is 4.79 Å². The van der Waals surface area contributed by atoms with Gasteiger partial charge in [-0.15, -0.1) is 0 Å². The number of aromatic nitrogens is 2. The number of nitrogens with zero attached hydrogens (tertiary/aromatic N) is 2. The summed E-state index contributed by atoms with van der Waals surface area (Å²) in [5.74, 6) is 0.753. The van der Waals surface area contributed by atoms with Crippen molar-refractivity contribution >= 4 is 22.6 Å². The van der Waals surface area contributed by atoms with Gasteiger partial charge in [-0.05, 0) is 25.0 Å². The molecule has 0 aliphatic heterocycles. The van der Waals surface area contributed by atoms with Crippen molar-refractivity contribution < 1.29 is 9.90 Å². The number of rotatable bonds is 8. The van der Waals surface area contributed by atoms with Gasteiger partial charge in [0, 0.05) is 18.4 Å². The molecule has 0 saturated heterocycles. The number of fused-ring (bicyclic) bond motifs is 1. The Bertz CT molecular complexity index is 609. The molecule has 0 radical (unpaired) electrons. The summed E-state index contributed by atoms with van der Waals surface area (Å²) < 4.78 is 0. The van der Waals surface area contributed by atoms with E-state index in [4.69, 9.17) is 5.11 Å². The molecule has 3 N–H and O–H groups in total. The SMILES string of the molecule is CCC(CO)NC(=O)CCCNc1ncnc2ccccc12. The number of aliphatic hydroxyl groups excluding tert-OH is 1. The molecule has 6 heteroatoms. The van der Waals surface area contributed by atoms with Crippen LogP contribution in [0, 0.1) is 0 Å². The number of hydrogen-bond donors (Lipinski definition) is 3. The van der Waals surface area contributed by atoms with Crippen molar-refractivity contribution in [1.29, 1.82) is 0 Å². The van der Waals surface area contributed by atoms with Crippen LogP contribution in [0.4, 0.5) is 5.82 Å². The lowest BCUT2D eigenvalue weighted by atomic mass is 10.2. The van der Waals surface area contributed by atoms with Gasteiger partial charge in [0.25, 0.3) is 0 Å². The molecule has 0 aliphatic carbocycles. The Balaban J connectivity index is 1.80. The third kappa shape index (κ3) is 4.39. The summed E-state index contributed by atoms with van der Waals surface area (Å²) in [4.78, 5) is 20.2. The van der Waals surface area contributed by atoms with E-state index in [2.05, 4.69) is 20.6 Å². The van der Waals surface area contributed by atoms with E-state index in [1.807, 2.05) is 31.2 Å². The van der Waals surface area contributed by atoms with Gasteiger partial charge in [0.15, 0.2) is 0 Å². The second-order valence-electron chi connectivity index (χ2n) is 5.13. The molecule has 1 aromatic carbocycles. The molecule has 1 amide bonds. The zero-order valence-electron chi connectivity index (χ0n) is 12.7. The highest BCUT2D eigenvalue weighted by Gasteiger charge is 2.08. The Kier molecular flexibility index (Phi) is 6.09. The summed E-state index contributed by atoms with van der Waals surface area (Å²) in [6.45, 7) is 2.57. The number of amides is 1. The molecule has 0 saturated carbocycles. The van der Waals surface area contributed by atoms with Crippen molar-refractivity contribution in [3.63, 3.8) is 0 Å². The van der Waals surface area contributed by atoms with Gasteiger partial charge in [0.2, 0.25) is 5.91 Å². The maximum Gasteiger partial charge on any atom is 0.220 e. The molecule has 118 valence electrons. The van der Waals surface area contributed by atoms with Crippen molar-refractivity contribution in [1.82, 2.24) is 15.3 Å². The first kappa shape index (κ1) is 16.2. The molecule has 1 aromatic heterocycles. The highest BCUT2D eigenvalue weighted by atomic mass is 16.3. The van der Waals surface area contributed by atoms with E-state index in [0.717, 1.165) is 23.1 Å². The minimum Gasteiger partial charge on any atom is -0.394 e. The van der Waals surface area contributed by atoms with Crippen LogP contribution < -0.4 is 10.6 Å². The predicted octanol–water partition coefficient (Wildman–Crippen LogP) is 1.71. The molecule has 1 heterocycles. The number of carbonyl (C=O) groups is 1. The maximum absolute atomic E-state index is 11.7. The van der Waals surface area contributed by atoms with E-state index in [1.54, 1.807) is 0 Å². The monoisotopic (exact) mass is 302 g/mol. The molecule has 0 bridgehead atoms. The molecule has 2 aromatic rings. The fourth-order valence-electron chi connectivity index (χ4n) is 2.18. The predicted molar refractivity (Wildman–Crippen MR) is 86.6 cm³/mol. The number of benzene rings is 1. The van der Waals surface area contributed by atoms with Gasteiger partial charge in [-0.25, -0.2) is 9.97 Å². The largest absolute Gasteiger partial charge is 0.394 e. The number of anilines is 1. The summed E-state index contributed by atoms with van der Waals surface area (Å²) in [5.41, 5.74) is 0.895. The first-order valence-electron chi connectivity index (χ1n) is 7.58. The molecule has 1 atom stereocenters. The van der Waals surface area contributed by atoms with Crippen LogP contribution in [0.5, 0.6) is 0 Å². The second-order valence-corrected chi connectivity index (χ2v) is 5.13. The van der Waals surface area contributed by atoms with Crippen LogP contribution >= 0.6 is 0 Å². The van der Waals surface area contributed by atoms with Gasteiger partial charge in [0.1, 0.15) is 12.1 Å². The zero-order valence-corrected chi connectivity index (χ0v) is 12.7. The van der Waals surface area contributed by atoms with E-state index in [9.17, 15) is 4.79 Å². The molecular formula is C16H22N4O2. The lowest BCUT2D eigenvalue weighted by molar-refractivity contribution is -0.122. The average molecular weight is 302 g/mol. The third-order valence-electron chi connectivity index (χ3n) is 3.49. The Morgan fingerprint density at radius 1 is 1.32 bits per heavy atom. The lowest BCUT2D eigenvalue weighted by Gasteiger charge is -2.14. The van der Waals surface area contributed by atoms with Crippen LogP contribution in [0.3, 0.4) is 0 Å². The lowest BCUT2D eigenvalue weighted by Crippen LogP contribution is -2.36. The molecule has 0 aliphatic rings. The normalized spacial score (nSPS) is 12.1.